The third-order valence-electron chi connectivity index (χ3n) is 9.98. The van der Waals surface area contributed by atoms with E-state index in [2.05, 4.69) is 60.4 Å². The molecule has 0 aliphatic rings. The van der Waals surface area contributed by atoms with Gasteiger partial charge in [0.15, 0.2) is 0 Å². The van der Waals surface area contributed by atoms with Gasteiger partial charge in [-0.25, -0.2) is 16.8 Å². The van der Waals surface area contributed by atoms with E-state index in [0.717, 1.165) is 51.4 Å². The maximum Gasteiger partial charge on any atom is 2.00 e. The Hall–Kier alpha value is 0.480. The molecule has 0 saturated carbocycles. The van der Waals surface area contributed by atoms with Crippen molar-refractivity contribution in [3.8, 4) is 0 Å². The molecular weight excluding hydrogens is 761 g/mol. The van der Waals surface area contributed by atoms with Crippen molar-refractivity contribution in [3.63, 3.8) is 0 Å². The van der Waals surface area contributed by atoms with Crippen LogP contribution in [-0.4, -0.2) is 76.9 Å². The zero-order chi connectivity index (χ0) is 40.4. The van der Waals surface area contributed by atoms with E-state index in [9.17, 15) is 25.9 Å². The number of unbranched alkanes of at least 4 members (excludes halogenated alkanes) is 26. The van der Waals surface area contributed by atoms with Crippen LogP contribution in [0.4, 0.5) is 0 Å². The molecule has 0 aromatic rings. The molecule has 0 aromatic heterocycles. The van der Waals surface area contributed by atoms with Gasteiger partial charge in [0.2, 0.25) is 20.8 Å². The summed E-state index contributed by atoms with van der Waals surface area (Å²) >= 11 is 0. The van der Waals surface area contributed by atoms with Gasteiger partial charge in [-0.1, -0.05) is 219 Å². The van der Waals surface area contributed by atoms with Crippen molar-refractivity contribution >= 4 is 58.5 Å². The van der Waals surface area contributed by atoms with Crippen LogP contribution in [0, 0.1) is 11.8 Å². The zero-order valence-electron chi connectivity index (χ0n) is 36.3. The molecule has 0 spiro atoms. The van der Waals surface area contributed by atoms with Crippen molar-refractivity contribution in [2.45, 2.75) is 233 Å². The molecule has 0 fully saturated rings. The van der Waals surface area contributed by atoms with E-state index >= 15 is 0 Å². The van der Waals surface area contributed by atoms with Gasteiger partial charge in [0, 0.05) is 11.8 Å². The summed E-state index contributed by atoms with van der Waals surface area (Å²) in [7, 11) is -9.20. The van der Waals surface area contributed by atoms with E-state index in [-0.39, 0.29) is 62.8 Å². The predicted octanol–water partition coefficient (Wildman–Crippen LogP) is 13.5. The van der Waals surface area contributed by atoms with Gasteiger partial charge in [0.05, 0.1) is 13.2 Å². The molecule has 0 rings (SSSR count). The Balaban J connectivity index is -0.000000966. The van der Waals surface area contributed by atoms with E-state index in [0.29, 0.717) is 0 Å². The van der Waals surface area contributed by atoms with Crippen LogP contribution in [0.1, 0.15) is 233 Å². The summed E-state index contributed by atoms with van der Waals surface area (Å²) < 4.78 is 73.4. The van der Waals surface area contributed by atoms with Gasteiger partial charge in [0.25, 0.3) is 0 Å². The van der Waals surface area contributed by atoms with Gasteiger partial charge in [-0.15, -0.1) is 0 Å². The van der Waals surface area contributed by atoms with Gasteiger partial charge in [-0.2, -0.15) is 0 Å². The molecule has 0 aromatic carbocycles. The Bertz CT molecular complexity index is 952. The summed E-state index contributed by atoms with van der Waals surface area (Å²) in [6.07, 6.45) is 47.4. The minimum atomic E-state index is -4.60. The molecule has 0 aliphatic carbocycles. The molecule has 0 radical (unpaired) electrons. The van der Waals surface area contributed by atoms with Crippen LogP contribution < -0.4 is 0 Å². The third-order valence-corrected chi connectivity index (χ3v) is 10.8. The van der Waals surface area contributed by atoms with Crippen molar-refractivity contribution in [3.05, 3.63) is 24.3 Å². The minimum Gasteiger partial charge on any atom is -0.726 e. The molecule has 0 N–H and O–H groups in total. The summed E-state index contributed by atoms with van der Waals surface area (Å²) in [4.78, 5) is 0. The first-order valence-corrected chi connectivity index (χ1v) is 25.2. The van der Waals surface area contributed by atoms with Crippen molar-refractivity contribution in [2.75, 3.05) is 13.2 Å². The second kappa shape index (κ2) is 45.6. The molecule has 2 atom stereocenters. The minimum absolute atomic E-state index is 0. The van der Waals surface area contributed by atoms with Crippen LogP contribution in [-0.2, 0) is 29.2 Å². The average molecular weight is 847 g/mol. The molecular formula is C44H86CaO8S2. The number of rotatable bonds is 40. The zero-order valence-corrected chi connectivity index (χ0v) is 40.1. The first-order chi connectivity index (χ1) is 26.0. The van der Waals surface area contributed by atoms with Crippen LogP contribution in [0.5, 0.6) is 0 Å². The van der Waals surface area contributed by atoms with Crippen molar-refractivity contribution in [2.24, 2.45) is 11.8 Å². The Morgan fingerprint density at radius 2 is 0.636 bits per heavy atom. The number of hydrogen-bond donors (Lipinski definition) is 0. The predicted molar refractivity (Wildman–Crippen MR) is 233 cm³/mol. The Kier molecular flexibility index (Phi) is 49.5. The number of hydrogen-bond acceptors (Lipinski definition) is 8. The van der Waals surface area contributed by atoms with Gasteiger partial charge < -0.3 is 9.11 Å². The largest absolute Gasteiger partial charge is 2.00 e. The van der Waals surface area contributed by atoms with Crippen LogP contribution in [0.2, 0.25) is 0 Å². The van der Waals surface area contributed by atoms with Gasteiger partial charge in [-0.3, -0.25) is 8.37 Å². The molecule has 11 heteroatoms. The second-order valence-corrected chi connectivity index (χ2v) is 17.5. The van der Waals surface area contributed by atoms with Gasteiger partial charge in [-0.05, 0) is 38.5 Å². The molecule has 0 saturated heterocycles. The van der Waals surface area contributed by atoms with E-state index < -0.39 is 20.8 Å². The third kappa shape index (κ3) is 54.5. The first kappa shape index (κ1) is 59.8. The Labute approximate surface area is 372 Å². The Morgan fingerprint density at radius 3 is 0.891 bits per heavy atom. The van der Waals surface area contributed by atoms with E-state index in [1.807, 2.05) is 0 Å². The smallest absolute Gasteiger partial charge is 0.726 e. The first-order valence-electron chi connectivity index (χ1n) is 22.5. The molecule has 8 nitrogen and oxygen atoms in total. The monoisotopic (exact) mass is 847 g/mol. The van der Waals surface area contributed by atoms with Gasteiger partial charge in [0.1, 0.15) is 0 Å². The van der Waals surface area contributed by atoms with Crippen molar-refractivity contribution in [1.29, 1.82) is 0 Å². The fraction of sp³-hybridized carbons (Fsp3) is 0.909. The van der Waals surface area contributed by atoms with Crippen molar-refractivity contribution < 1.29 is 34.3 Å². The molecule has 0 bridgehead atoms. The SMILES string of the molecule is CCCCCCCC/C=C/C(CCCCCCCCCC)COS(=O)(=O)[O-].CCCCCCCC/C=C/C(CCCCCCCCCC)COS(=O)(=O)[O-].[Ca+2]. The normalized spacial score (nSPS) is 13.2. The molecule has 0 amide bonds. The summed E-state index contributed by atoms with van der Waals surface area (Å²) in [6.45, 7) is 8.86. The molecule has 0 aliphatic heterocycles. The standard InChI is InChI=1S/2C22H44O4S.Ca/c2*1-3-5-7-9-11-13-15-17-19-22(21-26-27(23,24)25)20-18-16-14-12-10-8-6-4-2;/h2*17,19,22H,3-16,18,20-21H2,1-2H3,(H,23,24,25);/q;;+2/p-2/b2*19-17+;. The fourth-order valence-electron chi connectivity index (χ4n) is 6.55. The quantitative estimate of drug-likeness (QED) is 0.0196. The second-order valence-electron chi connectivity index (χ2n) is 15.4. The molecule has 0 heterocycles. The number of allylic oxidation sites excluding steroid dienone is 2. The summed E-state index contributed by atoms with van der Waals surface area (Å²) in [5.41, 5.74) is 0. The van der Waals surface area contributed by atoms with Crippen LogP contribution >= 0.6 is 0 Å². The fourth-order valence-corrected chi connectivity index (χ4v) is 7.24. The summed E-state index contributed by atoms with van der Waals surface area (Å²) in [6, 6.07) is 0. The topological polar surface area (TPSA) is 133 Å². The summed E-state index contributed by atoms with van der Waals surface area (Å²) in [5.74, 6) is 0.0443. The molecule has 324 valence electrons. The van der Waals surface area contributed by atoms with E-state index in [1.54, 1.807) is 0 Å². The van der Waals surface area contributed by atoms with Gasteiger partial charge >= 0.3 is 37.7 Å². The van der Waals surface area contributed by atoms with Crippen LogP contribution in [0.15, 0.2) is 24.3 Å². The summed E-state index contributed by atoms with van der Waals surface area (Å²) in [5, 5.41) is 0. The molecule has 2 unspecified atom stereocenters. The average Bonchev–Trinajstić information content (AvgIpc) is 3.12. The van der Waals surface area contributed by atoms with E-state index in [4.69, 9.17) is 0 Å². The Morgan fingerprint density at radius 1 is 0.400 bits per heavy atom. The maximum atomic E-state index is 10.7. The van der Waals surface area contributed by atoms with Crippen molar-refractivity contribution in [1.82, 2.24) is 0 Å². The van der Waals surface area contributed by atoms with E-state index in [1.165, 1.54) is 154 Å². The van der Waals surface area contributed by atoms with Crippen LogP contribution in [0.3, 0.4) is 0 Å². The maximum absolute atomic E-state index is 10.7. The molecule has 55 heavy (non-hydrogen) atoms. The van der Waals surface area contributed by atoms with Crippen LogP contribution in [0.25, 0.3) is 0 Å².